The number of nitrogens with one attached hydrogen (secondary N) is 6. The van der Waals surface area contributed by atoms with Gasteiger partial charge in [-0.05, 0) is 88.9 Å². The Balaban J connectivity index is 1.59. The summed E-state index contributed by atoms with van der Waals surface area (Å²) in [5, 5.41) is 26.6. The number of nitrogens with zero attached hydrogens (tertiary/aromatic N) is 1. The van der Waals surface area contributed by atoms with Crippen LogP contribution in [0.25, 0.3) is 10.1 Å². The molecule has 1 saturated heterocycles. The van der Waals surface area contributed by atoms with Crippen molar-refractivity contribution in [2.75, 3.05) is 6.54 Å². The molecular formula is C46H63N7O12S2. The minimum Gasteiger partial charge on any atom is -0.481 e. The Morgan fingerprint density at radius 1 is 0.776 bits per heavy atom. The van der Waals surface area contributed by atoms with Crippen molar-refractivity contribution in [3.8, 4) is 0 Å². The van der Waals surface area contributed by atoms with Crippen LogP contribution in [0.15, 0.2) is 54.6 Å². The van der Waals surface area contributed by atoms with Crippen molar-refractivity contribution in [2.24, 2.45) is 0 Å². The monoisotopic (exact) mass is 969 g/mol. The van der Waals surface area contributed by atoms with E-state index in [0.29, 0.717) is 18.4 Å². The Labute approximate surface area is 394 Å². The zero-order chi connectivity index (χ0) is 49.9. The van der Waals surface area contributed by atoms with Crippen molar-refractivity contribution in [2.45, 2.75) is 147 Å². The number of benzene rings is 2. The highest BCUT2D eigenvalue weighted by Crippen LogP contribution is 2.27. The zero-order valence-electron chi connectivity index (χ0n) is 38.9. The second-order valence-corrected chi connectivity index (χ2v) is 21.0. The average Bonchev–Trinajstić information content (AvgIpc) is 3.88. The molecule has 5 atom stereocenters. The van der Waals surface area contributed by atoms with Gasteiger partial charge in [0.1, 0.15) is 41.5 Å². The molecule has 19 nitrogen and oxygen atoms in total. The van der Waals surface area contributed by atoms with E-state index in [4.69, 9.17) is 0 Å². The van der Waals surface area contributed by atoms with Gasteiger partial charge < -0.3 is 41.9 Å². The lowest BCUT2D eigenvalue weighted by Gasteiger charge is -2.31. The summed E-state index contributed by atoms with van der Waals surface area (Å²) in [7, 11) is -4.32. The number of likely N-dealkylation sites (tertiary alicyclic amines) is 1. The number of thiophene rings is 1. The molecule has 4 rings (SSSR count). The first-order valence-electron chi connectivity index (χ1n) is 22.1. The normalized spacial score (nSPS) is 15.9. The molecule has 8 N–H and O–H groups in total. The number of hydrogen-bond acceptors (Lipinski definition) is 11. The molecule has 0 bridgehead atoms. The smallest absolute Gasteiger partial charge is 0.303 e. The fourth-order valence-corrected chi connectivity index (χ4v) is 9.39. The minimum absolute atomic E-state index is 0.00769. The van der Waals surface area contributed by atoms with Gasteiger partial charge in [-0.3, -0.25) is 42.9 Å². The summed E-state index contributed by atoms with van der Waals surface area (Å²) < 4.78 is 33.1. The molecule has 366 valence electrons. The van der Waals surface area contributed by atoms with Crippen LogP contribution in [0, 0.1) is 0 Å². The lowest BCUT2D eigenvalue weighted by molar-refractivity contribution is -0.143. The number of amides is 7. The maximum Gasteiger partial charge on any atom is 0.303 e. The van der Waals surface area contributed by atoms with Crippen molar-refractivity contribution in [3.05, 3.63) is 70.6 Å². The summed E-state index contributed by atoms with van der Waals surface area (Å²) in [6, 6.07) is 9.35. The largest absolute Gasteiger partial charge is 0.481 e. The van der Waals surface area contributed by atoms with E-state index in [1.54, 1.807) is 27.7 Å². The molecule has 0 aliphatic carbocycles. The first kappa shape index (κ1) is 53.7. The Bertz CT molecular complexity index is 2380. The van der Waals surface area contributed by atoms with Crippen LogP contribution in [-0.2, 0) is 67.1 Å². The molecule has 3 aromatic rings. The summed E-state index contributed by atoms with van der Waals surface area (Å²) in [6.45, 7) is 11.3. The molecule has 0 unspecified atom stereocenters. The maximum absolute atomic E-state index is 14.4. The Morgan fingerprint density at radius 3 is 1.97 bits per heavy atom. The summed E-state index contributed by atoms with van der Waals surface area (Å²) >= 11 is 1.41. The van der Waals surface area contributed by atoms with Crippen LogP contribution in [-0.4, -0.2) is 118 Å². The van der Waals surface area contributed by atoms with Gasteiger partial charge in [0.05, 0.1) is 0 Å². The third-order valence-corrected chi connectivity index (χ3v) is 12.6. The van der Waals surface area contributed by atoms with E-state index < -0.39 is 111 Å². The highest BCUT2D eigenvalue weighted by Gasteiger charge is 2.40. The zero-order valence-corrected chi connectivity index (χ0v) is 40.5. The number of fused-ring (bicyclic) bond motifs is 1. The Hall–Kier alpha value is -5.93. The topological polar surface area (TPSA) is 287 Å². The number of carbonyl (C=O) groups is 8. The molecule has 1 fully saturated rings. The first-order valence-corrected chi connectivity index (χ1v) is 24.5. The average molecular weight is 970 g/mol. The predicted octanol–water partition coefficient (Wildman–Crippen LogP) is 2.50. The van der Waals surface area contributed by atoms with Gasteiger partial charge in [0.25, 0.3) is 10.1 Å². The fraction of sp³-hybridized carbons (Fsp3) is 0.522. The van der Waals surface area contributed by atoms with Crippen LogP contribution in [0.1, 0.15) is 103 Å². The highest BCUT2D eigenvalue weighted by molar-refractivity contribution is 7.85. The van der Waals surface area contributed by atoms with Crippen LogP contribution in [0.5, 0.6) is 0 Å². The Kier molecular flexibility index (Phi) is 18.6. The van der Waals surface area contributed by atoms with E-state index in [2.05, 4.69) is 31.9 Å². The number of carboxylic acids is 1. The molecule has 2 heterocycles. The molecule has 0 radical (unpaired) electrons. The van der Waals surface area contributed by atoms with Gasteiger partial charge in [0, 0.05) is 47.8 Å². The molecule has 1 aliphatic heterocycles. The molecule has 1 aliphatic rings. The third-order valence-electron chi connectivity index (χ3n) is 10.8. The van der Waals surface area contributed by atoms with Gasteiger partial charge in [0.2, 0.25) is 41.4 Å². The highest BCUT2D eigenvalue weighted by atomic mass is 32.2. The third kappa shape index (κ3) is 16.7. The van der Waals surface area contributed by atoms with Gasteiger partial charge in [-0.15, -0.1) is 11.3 Å². The first-order chi connectivity index (χ1) is 31.2. The lowest BCUT2D eigenvalue weighted by atomic mass is 9.99. The number of aliphatic carboxylic acids is 1. The summed E-state index contributed by atoms with van der Waals surface area (Å²) in [5.74, 6) is -6.34. The number of rotatable bonds is 22. The van der Waals surface area contributed by atoms with Crippen molar-refractivity contribution in [3.63, 3.8) is 0 Å². The van der Waals surface area contributed by atoms with E-state index >= 15 is 0 Å². The minimum atomic E-state index is -4.32. The van der Waals surface area contributed by atoms with Gasteiger partial charge in [0.15, 0.2) is 0 Å². The van der Waals surface area contributed by atoms with E-state index in [9.17, 15) is 56.4 Å². The van der Waals surface area contributed by atoms with Crippen molar-refractivity contribution < 1.29 is 56.4 Å². The van der Waals surface area contributed by atoms with Crippen molar-refractivity contribution >= 4 is 78.9 Å². The molecule has 7 amide bonds. The number of hydrogen-bond donors (Lipinski definition) is 8. The van der Waals surface area contributed by atoms with Gasteiger partial charge >= 0.3 is 5.97 Å². The van der Waals surface area contributed by atoms with Crippen molar-refractivity contribution in [1.29, 1.82) is 0 Å². The van der Waals surface area contributed by atoms with Gasteiger partial charge in [-0.25, -0.2) is 0 Å². The molecular weight excluding hydrogens is 907 g/mol. The van der Waals surface area contributed by atoms with E-state index in [1.807, 2.05) is 30.3 Å². The van der Waals surface area contributed by atoms with Crippen LogP contribution in [0.2, 0.25) is 0 Å². The molecule has 1 aromatic heterocycles. The summed E-state index contributed by atoms with van der Waals surface area (Å²) in [6.07, 6.45) is 0.450. The fourth-order valence-electron chi connectivity index (χ4n) is 7.67. The van der Waals surface area contributed by atoms with Crippen LogP contribution >= 0.6 is 11.3 Å². The predicted molar refractivity (Wildman–Crippen MR) is 251 cm³/mol. The van der Waals surface area contributed by atoms with Crippen LogP contribution in [0.4, 0.5) is 0 Å². The lowest BCUT2D eigenvalue weighted by Crippen LogP contribution is -2.61. The maximum atomic E-state index is 14.4. The summed E-state index contributed by atoms with van der Waals surface area (Å²) in [4.78, 5) is 109. The number of carbonyl (C=O) groups excluding carboxylic acids is 7. The molecule has 21 heteroatoms. The SMILES string of the molecule is CCC[C@H](NC(=O)[C@H](Cc1ccc(CS(=O)(=O)O)cc1)NC(=O)C(C)(C)NC(C)=O)C(=O)N1CCC[C@H]1C(=O)N[C@@H](Cc1cc2ccccc2s1)C(=O)N[C@@H](CCC(=O)O)C(=O)NC(C)(C)C. The van der Waals surface area contributed by atoms with E-state index in [-0.39, 0.29) is 44.2 Å². The van der Waals surface area contributed by atoms with Crippen LogP contribution < -0.4 is 31.9 Å². The molecule has 0 saturated carbocycles. The van der Waals surface area contributed by atoms with Crippen molar-refractivity contribution in [1.82, 2.24) is 36.8 Å². The van der Waals surface area contributed by atoms with E-state index in [1.165, 1.54) is 61.3 Å². The Morgan fingerprint density at radius 2 is 1.39 bits per heavy atom. The summed E-state index contributed by atoms with van der Waals surface area (Å²) in [5.41, 5.74) is -1.40. The molecule has 0 spiro atoms. The second kappa shape index (κ2) is 23.2. The van der Waals surface area contributed by atoms with Gasteiger partial charge in [-0.1, -0.05) is 55.8 Å². The standard InChI is InChI=1S/C46H63N7O12S2/c1-8-12-33(48-39(57)34(50-44(62)46(6,7)51-27(2)54)23-28-16-18-29(19-17-28)26-67(63,64)65)43(61)53-22-11-14-36(53)42(60)49-35(25-31-24-30-13-9-10-15-37(30)66-31)40(58)47-32(20-21-38(55)56)41(59)52-45(3,4)5/h9-10,13,15-19,24,32-36H,8,11-12,14,20-23,25-26H2,1-7H3,(H,47,58)(H,48,57)(H,49,60)(H,50,62)(H,51,54)(H,52,59)(H,55,56)(H,63,64,65)/t32-,33-,34-,35-,36-/m0/s1. The molecule has 67 heavy (non-hydrogen) atoms. The second-order valence-electron chi connectivity index (χ2n) is 18.4. The molecule has 2 aromatic carbocycles. The quantitative estimate of drug-likeness (QED) is 0.0675. The number of carboxylic acid groups (broad SMARTS) is 1. The van der Waals surface area contributed by atoms with Gasteiger partial charge in [-0.2, -0.15) is 8.42 Å². The van der Waals surface area contributed by atoms with E-state index in [0.717, 1.165) is 15.0 Å². The van der Waals surface area contributed by atoms with Crippen LogP contribution in [0.3, 0.4) is 0 Å².